The van der Waals surface area contributed by atoms with Gasteiger partial charge >= 0.3 is 0 Å². The molecule has 5 fully saturated rings. The summed E-state index contributed by atoms with van der Waals surface area (Å²) in [6.45, 7) is 1.61. The van der Waals surface area contributed by atoms with Crippen LogP contribution in [0, 0.1) is 17.6 Å². The predicted octanol–water partition coefficient (Wildman–Crippen LogP) is 5.52. The molecule has 12 rings (SSSR count). The van der Waals surface area contributed by atoms with Gasteiger partial charge < -0.3 is 24.0 Å². The molecule has 4 saturated heterocycles. The van der Waals surface area contributed by atoms with E-state index in [1.807, 2.05) is 28.8 Å². The van der Waals surface area contributed by atoms with Gasteiger partial charge in [0.15, 0.2) is 16.8 Å². The summed E-state index contributed by atoms with van der Waals surface area (Å²) in [6, 6.07) is 13.0. The van der Waals surface area contributed by atoms with Gasteiger partial charge in [0.05, 0.1) is 37.6 Å². The van der Waals surface area contributed by atoms with Gasteiger partial charge in [-0.15, -0.1) is 11.3 Å². The van der Waals surface area contributed by atoms with Crippen LogP contribution >= 0.6 is 11.3 Å². The summed E-state index contributed by atoms with van der Waals surface area (Å²) in [7, 11) is 0. The van der Waals surface area contributed by atoms with Gasteiger partial charge in [-0.25, -0.2) is 27.5 Å². The lowest BCUT2D eigenvalue weighted by Gasteiger charge is -2.48. The minimum atomic E-state index is -3.33. The van der Waals surface area contributed by atoms with Crippen LogP contribution in [0.2, 0.25) is 0 Å². The van der Waals surface area contributed by atoms with E-state index < -0.39 is 59.4 Å². The van der Waals surface area contributed by atoms with Crippen LogP contribution in [0.15, 0.2) is 72.5 Å². The Labute approximate surface area is 391 Å². The van der Waals surface area contributed by atoms with Gasteiger partial charge in [-0.05, 0) is 72.8 Å². The Bertz CT molecular complexity index is 2860. The van der Waals surface area contributed by atoms with Gasteiger partial charge in [-0.3, -0.25) is 39.5 Å². The van der Waals surface area contributed by atoms with E-state index >= 15 is 17.6 Å². The zero-order valence-electron chi connectivity index (χ0n) is 36.6. The molecular formula is C48H45F4N9O6S. The van der Waals surface area contributed by atoms with Crippen LogP contribution in [0.3, 0.4) is 0 Å². The number of carbonyl (C=O) groups excluding carboxylic acids is 5. The highest BCUT2D eigenvalue weighted by Crippen LogP contribution is 2.47. The van der Waals surface area contributed by atoms with Crippen LogP contribution in [0.5, 0.6) is 5.75 Å². The van der Waals surface area contributed by atoms with Gasteiger partial charge in [0.25, 0.3) is 23.6 Å². The van der Waals surface area contributed by atoms with Crippen molar-refractivity contribution in [3.63, 3.8) is 0 Å². The fraction of sp³-hybridized carbons (Fsp3) is 0.396. The van der Waals surface area contributed by atoms with Crippen molar-refractivity contribution in [2.75, 3.05) is 56.0 Å². The Balaban J connectivity index is 0.694. The third-order valence-electron chi connectivity index (χ3n) is 14.4. The number of anilines is 2. The standard InChI is InChI=1S/C48H45F4N9O6S/c49-36-19-28(18-33-34(36)23-61(44(33)65)41(43(64)56-46-53-10-17-68-46)40-38-2-1-11-60(38)26-54-40)27-3-5-30(6-4-27)58-13-15-59(16-14-58)39(62)24-57-12-9-35(48(51,52)25-57)32-8-7-31(20-37(32)50)67-47-21-29(22-47)42(63)55-45(47)66/h3-8,10,17-20,26,29,35,41H,1-2,9,11-16,21-25H2,(H,53,56,64)(H,55,63,66). The molecule has 7 aliphatic rings. The number of piperidine rings is 3. The molecule has 1 aliphatic carbocycles. The second kappa shape index (κ2) is 16.8. The molecule has 2 atom stereocenters. The number of fused-ring (bicyclic) bond motifs is 4. The predicted molar refractivity (Wildman–Crippen MR) is 239 cm³/mol. The molecule has 20 heteroatoms. The number of nitrogens with zero attached hydrogens (tertiary/aromatic N) is 7. The van der Waals surface area contributed by atoms with Crippen LogP contribution in [0.1, 0.15) is 70.5 Å². The van der Waals surface area contributed by atoms with Crippen molar-refractivity contribution < 1.29 is 46.3 Å². The Morgan fingerprint density at radius 3 is 2.44 bits per heavy atom. The highest BCUT2D eigenvalue weighted by atomic mass is 32.1. The summed E-state index contributed by atoms with van der Waals surface area (Å²) in [4.78, 5) is 80.9. The number of rotatable bonds is 11. The number of hydrogen-bond acceptors (Lipinski definition) is 11. The van der Waals surface area contributed by atoms with E-state index in [4.69, 9.17) is 4.74 Å². The third-order valence-corrected chi connectivity index (χ3v) is 15.0. The molecule has 2 bridgehead atoms. The van der Waals surface area contributed by atoms with Gasteiger partial charge in [0, 0.05) is 91.6 Å². The summed E-state index contributed by atoms with van der Waals surface area (Å²) < 4.78 is 70.5. The maximum Gasteiger partial charge on any atom is 0.270 e. The van der Waals surface area contributed by atoms with Gasteiger partial charge in [0.1, 0.15) is 17.4 Å². The average Bonchev–Trinajstić information content (AvgIpc) is 4.13. The van der Waals surface area contributed by atoms with Gasteiger partial charge in [-0.2, -0.15) is 0 Å². The molecule has 0 spiro atoms. The first-order valence-electron chi connectivity index (χ1n) is 22.7. The molecule has 5 aromatic rings. The number of imide groups is 1. The number of alkyl halides is 2. The number of piperazine rings is 1. The Hall–Kier alpha value is -6.67. The number of nitrogens with one attached hydrogen (secondary N) is 2. The van der Waals surface area contributed by atoms with Crippen molar-refractivity contribution in [2.24, 2.45) is 5.92 Å². The van der Waals surface area contributed by atoms with Crippen LogP contribution in [-0.4, -0.2) is 116 Å². The van der Waals surface area contributed by atoms with Crippen LogP contribution in [-0.2, 0) is 38.7 Å². The topological polar surface area (TPSA) is 162 Å². The number of thiazole rings is 1. The second-order valence-electron chi connectivity index (χ2n) is 18.5. The number of hydrogen-bond donors (Lipinski definition) is 2. The van der Waals surface area contributed by atoms with E-state index in [1.54, 1.807) is 28.9 Å². The summed E-state index contributed by atoms with van der Waals surface area (Å²) in [6.07, 6.45) is 5.13. The van der Waals surface area contributed by atoms with Crippen LogP contribution in [0.25, 0.3) is 11.1 Å². The zero-order valence-corrected chi connectivity index (χ0v) is 37.4. The highest BCUT2D eigenvalue weighted by Gasteiger charge is 2.60. The highest BCUT2D eigenvalue weighted by molar-refractivity contribution is 7.13. The molecule has 352 valence electrons. The number of halogens is 4. The third kappa shape index (κ3) is 7.76. The first-order valence-corrected chi connectivity index (χ1v) is 23.6. The number of benzene rings is 3. The SMILES string of the molecule is O=C1NC(=O)C2(Oc3ccc(C4CCN(CC(=O)N5CCN(c6ccc(-c7cc(F)c8c(c7)C(=O)N(C(C(=O)Nc7nccs7)c7ncn9c7CCC9)C8)cc6)CC5)CC4(F)F)c(F)c3)CC1C2. The molecule has 3 aromatic carbocycles. The lowest BCUT2D eigenvalue weighted by atomic mass is 9.66. The number of carbonyl (C=O) groups is 5. The molecule has 68 heavy (non-hydrogen) atoms. The summed E-state index contributed by atoms with van der Waals surface area (Å²) >= 11 is 1.25. The van der Waals surface area contributed by atoms with E-state index in [0.29, 0.717) is 54.6 Å². The van der Waals surface area contributed by atoms with Gasteiger partial charge in [-0.1, -0.05) is 18.2 Å². The van der Waals surface area contributed by atoms with Crippen molar-refractivity contribution in [1.82, 2.24) is 34.6 Å². The van der Waals surface area contributed by atoms with Crippen molar-refractivity contribution in [3.8, 4) is 16.9 Å². The van der Waals surface area contributed by atoms with Crippen molar-refractivity contribution in [1.29, 1.82) is 0 Å². The number of aryl methyl sites for hydroxylation is 1. The lowest BCUT2D eigenvalue weighted by Crippen LogP contribution is -2.68. The average molecular weight is 952 g/mol. The van der Waals surface area contributed by atoms with Crippen molar-refractivity contribution >= 4 is 51.7 Å². The van der Waals surface area contributed by atoms with Gasteiger partial charge in [0.2, 0.25) is 11.8 Å². The molecule has 2 unspecified atom stereocenters. The largest absolute Gasteiger partial charge is 0.477 e. The molecule has 5 amide bonds. The second-order valence-corrected chi connectivity index (χ2v) is 19.3. The number of imidazole rings is 1. The van der Waals surface area contributed by atoms with E-state index in [1.165, 1.54) is 39.3 Å². The summed E-state index contributed by atoms with van der Waals surface area (Å²) in [5, 5.41) is 7.17. The normalized spacial score (nSPS) is 23.5. The quantitative estimate of drug-likeness (QED) is 0.127. The Kier molecular flexibility index (Phi) is 10.9. The first-order chi connectivity index (χ1) is 32.7. The minimum Gasteiger partial charge on any atom is -0.477 e. The Morgan fingerprint density at radius 1 is 0.926 bits per heavy atom. The summed E-state index contributed by atoms with van der Waals surface area (Å²) in [5.41, 5.74) is 2.33. The maximum atomic E-state index is 16.0. The van der Waals surface area contributed by atoms with E-state index in [0.717, 1.165) is 30.4 Å². The fourth-order valence-corrected chi connectivity index (χ4v) is 11.2. The monoisotopic (exact) mass is 951 g/mol. The molecule has 2 aromatic heterocycles. The number of ether oxygens (including phenoxy) is 1. The van der Waals surface area contributed by atoms with Crippen molar-refractivity contribution in [2.45, 2.75) is 68.7 Å². The van der Waals surface area contributed by atoms with E-state index in [-0.39, 0.29) is 79.1 Å². The smallest absolute Gasteiger partial charge is 0.270 e. The van der Waals surface area contributed by atoms with Crippen molar-refractivity contribution in [3.05, 3.63) is 112 Å². The molecular weight excluding hydrogens is 907 g/mol. The molecule has 6 aliphatic heterocycles. The van der Waals surface area contributed by atoms with Crippen LogP contribution in [0.4, 0.5) is 28.4 Å². The van der Waals surface area contributed by atoms with E-state index in [9.17, 15) is 24.0 Å². The van der Waals surface area contributed by atoms with Crippen LogP contribution < -0.4 is 20.3 Å². The molecule has 8 heterocycles. The lowest BCUT2D eigenvalue weighted by molar-refractivity contribution is -0.168. The number of likely N-dealkylation sites (tertiary alicyclic amines) is 1. The molecule has 0 radical (unpaired) electrons. The maximum absolute atomic E-state index is 16.0. The Morgan fingerprint density at radius 2 is 1.72 bits per heavy atom. The first kappa shape index (κ1) is 43.9. The molecule has 15 nitrogen and oxygen atoms in total. The van der Waals surface area contributed by atoms with E-state index in [2.05, 4.69) is 25.5 Å². The summed E-state index contributed by atoms with van der Waals surface area (Å²) in [5.74, 6) is -8.70. The molecule has 2 N–H and O–H groups in total. The zero-order chi connectivity index (χ0) is 47.1. The number of amides is 5. The minimum absolute atomic E-state index is 0.0206. The number of aromatic nitrogens is 3. The molecule has 1 saturated carbocycles. The fourth-order valence-electron chi connectivity index (χ4n) is 10.7.